The van der Waals surface area contributed by atoms with Gasteiger partial charge in [-0.3, -0.25) is 0 Å². The number of hydrogen-bond donors (Lipinski definition) is 2. The second kappa shape index (κ2) is 4.56. The molecule has 1 fully saturated rings. The minimum Gasteiger partial charge on any atom is -0.325 e. The molecule has 0 amide bonds. The Kier molecular flexibility index (Phi) is 2.97. The summed E-state index contributed by atoms with van der Waals surface area (Å²) in [6.07, 6.45) is 6.07. The number of nitrogens with zero attached hydrogens (tertiary/aromatic N) is 4. The van der Waals surface area contributed by atoms with Crippen molar-refractivity contribution in [3.63, 3.8) is 0 Å². The molecule has 0 atom stereocenters. The SMILES string of the molecule is CC(C)(C)c1cc(NN)nc(-c2cncn2C2CC2)n1. The molecule has 0 radical (unpaired) electrons. The van der Waals surface area contributed by atoms with Crippen LogP contribution in [0, 0.1) is 0 Å². The molecule has 0 saturated heterocycles. The van der Waals surface area contributed by atoms with Gasteiger partial charge >= 0.3 is 0 Å². The fourth-order valence-corrected chi connectivity index (χ4v) is 2.14. The quantitative estimate of drug-likeness (QED) is 0.661. The normalized spacial score (nSPS) is 15.4. The monoisotopic (exact) mass is 272 g/mol. The van der Waals surface area contributed by atoms with Crippen LogP contribution in [0.15, 0.2) is 18.6 Å². The Labute approximate surface area is 118 Å². The fourth-order valence-electron chi connectivity index (χ4n) is 2.14. The summed E-state index contributed by atoms with van der Waals surface area (Å²) in [6, 6.07) is 2.44. The van der Waals surface area contributed by atoms with Crippen LogP contribution >= 0.6 is 0 Å². The Morgan fingerprint density at radius 2 is 2.05 bits per heavy atom. The van der Waals surface area contributed by atoms with E-state index in [0.717, 1.165) is 11.4 Å². The lowest BCUT2D eigenvalue weighted by atomic mass is 9.92. The maximum Gasteiger partial charge on any atom is 0.180 e. The first kappa shape index (κ1) is 13.1. The summed E-state index contributed by atoms with van der Waals surface area (Å²) >= 11 is 0. The minimum absolute atomic E-state index is 0.0618. The third-order valence-corrected chi connectivity index (χ3v) is 3.48. The third-order valence-electron chi connectivity index (χ3n) is 3.48. The van der Waals surface area contributed by atoms with Crippen molar-refractivity contribution in [3.05, 3.63) is 24.3 Å². The van der Waals surface area contributed by atoms with Gasteiger partial charge in [-0.2, -0.15) is 0 Å². The molecule has 106 valence electrons. The van der Waals surface area contributed by atoms with Crippen LogP contribution in [0.25, 0.3) is 11.5 Å². The summed E-state index contributed by atoms with van der Waals surface area (Å²) in [5.74, 6) is 6.84. The summed E-state index contributed by atoms with van der Waals surface area (Å²) in [7, 11) is 0. The molecule has 20 heavy (non-hydrogen) atoms. The van der Waals surface area contributed by atoms with Gasteiger partial charge < -0.3 is 9.99 Å². The lowest BCUT2D eigenvalue weighted by Crippen LogP contribution is -2.18. The average Bonchev–Trinajstić information content (AvgIpc) is 3.14. The molecule has 6 nitrogen and oxygen atoms in total. The Morgan fingerprint density at radius 1 is 1.30 bits per heavy atom. The first-order chi connectivity index (χ1) is 9.49. The van der Waals surface area contributed by atoms with Crippen LogP contribution in [-0.4, -0.2) is 19.5 Å². The zero-order chi connectivity index (χ0) is 14.3. The molecule has 6 heteroatoms. The highest BCUT2D eigenvalue weighted by molar-refractivity contribution is 5.53. The van der Waals surface area contributed by atoms with Crippen molar-refractivity contribution in [2.75, 3.05) is 5.43 Å². The number of nitrogens with one attached hydrogen (secondary N) is 1. The van der Waals surface area contributed by atoms with Gasteiger partial charge in [0.05, 0.1) is 18.2 Å². The Balaban J connectivity index is 2.10. The van der Waals surface area contributed by atoms with Gasteiger partial charge in [0, 0.05) is 17.5 Å². The average molecular weight is 272 g/mol. The van der Waals surface area contributed by atoms with Crippen LogP contribution in [0.1, 0.15) is 45.3 Å². The second-order valence-electron chi connectivity index (χ2n) is 6.27. The molecule has 3 rings (SSSR count). The van der Waals surface area contributed by atoms with E-state index in [2.05, 4.69) is 40.7 Å². The summed E-state index contributed by atoms with van der Waals surface area (Å²) in [5, 5.41) is 0. The van der Waals surface area contributed by atoms with Crippen LogP contribution in [-0.2, 0) is 5.41 Å². The number of nitrogens with two attached hydrogens (primary N) is 1. The molecule has 0 unspecified atom stereocenters. The van der Waals surface area contributed by atoms with Crippen LogP contribution < -0.4 is 11.3 Å². The number of nitrogen functional groups attached to an aromatic ring is 1. The van der Waals surface area contributed by atoms with E-state index in [9.17, 15) is 0 Å². The van der Waals surface area contributed by atoms with Crippen molar-refractivity contribution in [1.82, 2.24) is 19.5 Å². The van der Waals surface area contributed by atoms with E-state index >= 15 is 0 Å². The van der Waals surface area contributed by atoms with E-state index in [-0.39, 0.29) is 5.41 Å². The van der Waals surface area contributed by atoms with Gasteiger partial charge in [0.1, 0.15) is 11.5 Å². The van der Waals surface area contributed by atoms with Crippen molar-refractivity contribution < 1.29 is 0 Å². The highest BCUT2D eigenvalue weighted by Gasteiger charge is 2.27. The maximum atomic E-state index is 5.53. The van der Waals surface area contributed by atoms with Crippen LogP contribution in [0.2, 0.25) is 0 Å². The molecule has 0 aliphatic heterocycles. The molecule has 1 aliphatic carbocycles. The van der Waals surface area contributed by atoms with E-state index in [4.69, 9.17) is 10.8 Å². The van der Waals surface area contributed by atoms with E-state index in [0.29, 0.717) is 17.7 Å². The molecule has 2 aromatic rings. The zero-order valence-electron chi connectivity index (χ0n) is 12.1. The second-order valence-corrected chi connectivity index (χ2v) is 6.27. The standard InChI is InChI=1S/C14H20N6/c1-14(2,3)11-6-12(19-15)18-13(17-11)10-7-16-8-20(10)9-4-5-9/h6-9H,4-5,15H2,1-3H3,(H,17,18,19). The molecule has 0 bridgehead atoms. The van der Waals surface area contributed by atoms with Gasteiger partial charge in [-0.05, 0) is 12.8 Å². The summed E-state index contributed by atoms with van der Waals surface area (Å²) in [6.45, 7) is 6.37. The van der Waals surface area contributed by atoms with Crippen molar-refractivity contribution >= 4 is 5.82 Å². The first-order valence-corrected chi connectivity index (χ1v) is 6.87. The van der Waals surface area contributed by atoms with Crippen molar-refractivity contribution in [3.8, 4) is 11.5 Å². The largest absolute Gasteiger partial charge is 0.325 e. The lowest BCUT2D eigenvalue weighted by molar-refractivity contribution is 0.567. The Morgan fingerprint density at radius 3 is 2.65 bits per heavy atom. The Bertz CT molecular complexity index is 621. The van der Waals surface area contributed by atoms with Gasteiger partial charge in [-0.15, -0.1) is 0 Å². The van der Waals surface area contributed by atoms with E-state index < -0.39 is 0 Å². The number of imidazole rings is 1. The van der Waals surface area contributed by atoms with Gasteiger partial charge in [0.2, 0.25) is 0 Å². The van der Waals surface area contributed by atoms with Crippen LogP contribution in [0.3, 0.4) is 0 Å². The molecule has 2 aromatic heterocycles. The highest BCUT2D eigenvalue weighted by atomic mass is 15.3. The molecule has 3 N–H and O–H groups in total. The third kappa shape index (κ3) is 2.38. The van der Waals surface area contributed by atoms with Crippen molar-refractivity contribution in [2.24, 2.45) is 5.84 Å². The predicted octanol–water partition coefficient (Wildman–Crippen LogP) is 2.26. The molecule has 2 heterocycles. The Hall–Kier alpha value is -1.95. The first-order valence-electron chi connectivity index (χ1n) is 6.87. The van der Waals surface area contributed by atoms with Crippen molar-refractivity contribution in [2.45, 2.75) is 45.1 Å². The summed E-state index contributed by atoms with van der Waals surface area (Å²) in [5.41, 5.74) is 4.47. The topological polar surface area (TPSA) is 81.6 Å². The van der Waals surface area contributed by atoms with Gasteiger partial charge in [0.25, 0.3) is 0 Å². The summed E-state index contributed by atoms with van der Waals surface area (Å²) < 4.78 is 2.15. The molecule has 1 saturated carbocycles. The van der Waals surface area contributed by atoms with Gasteiger partial charge in [-0.1, -0.05) is 20.8 Å². The number of hydrazine groups is 1. The number of rotatable bonds is 3. The van der Waals surface area contributed by atoms with Gasteiger partial charge in [-0.25, -0.2) is 20.8 Å². The molecule has 0 spiro atoms. The lowest BCUT2D eigenvalue weighted by Gasteiger charge is -2.19. The van der Waals surface area contributed by atoms with E-state index in [1.807, 2.05) is 18.6 Å². The predicted molar refractivity (Wildman–Crippen MR) is 78.0 cm³/mol. The number of aromatic nitrogens is 4. The zero-order valence-corrected chi connectivity index (χ0v) is 12.1. The summed E-state index contributed by atoms with van der Waals surface area (Å²) in [4.78, 5) is 13.4. The minimum atomic E-state index is -0.0618. The maximum absolute atomic E-state index is 5.53. The van der Waals surface area contributed by atoms with Crippen LogP contribution in [0.5, 0.6) is 0 Å². The smallest absolute Gasteiger partial charge is 0.180 e. The molecule has 0 aromatic carbocycles. The van der Waals surface area contributed by atoms with E-state index in [1.165, 1.54) is 12.8 Å². The fraction of sp³-hybridized carbons (Fsp3) is 0.500. The van der Waals surface area contributed by atoms with E-state index in [1.54, 1.807) is 0 Å². The number of anilines is 1. The molecular formula is C14H20N6. The van der Waals surface area contributed by atoms with Gasteiger partial charge in [0.15, 0.2) is 5.82 Å². The number of hydrogen-bond acceptors (Lipinski definition) is 5. The highest BCUT2D eigenvalue weighted by Crippen LogP contribution is 2.38. The van der Waals surface area contributed by atoms with Crippen molar-refractivity contribution in [1.29, 1.82) is 0 Å². The molecular weight excluding hydrogens is 252 g/mol. The van der Waals surface area contributed by atoms with Crippen LogP contribution in [0.4, 0.5) is 5.82 Å². The molecule has 1 aliphatic rings.